The maximum absolute atomic E-state index is 12.9. The predicted octanol–water partition coefficient (Wildman–Crippen LogP) is 2.19. The van der Waals surface area contributed by atoms with Crippen molar-refractivity contribution in [3.63, 3.8) is 0 Å². The molecule has 0 saturated heterocycles. The summed E-state index contributed by atoms with van der Waals surface area (Å²) in [6.45, 7) is 4.34. The van der Waals surface area contributed by atoms with Crippen molar-refractivity contribution in [1.82, 2.24) is 5.32 Å². The SMILES string of the molecule is CC(C)C(N)CNC(=O)c1ccc(F)c(Cl)c1. The fourth-order valence-corrected chi connectivity index (χ4v) is 1.37. The largest absolute Gasteiger partial charge is 0.350 e. The minimum Gasteiger partial charge on any atom is -0.350 e. The van der Waals surface area contributed by atoms with E-state index in [-0.39, 0.29) is 22.9 Å². The summed E-state index contributed by atoms with van der Waals surface area (Å²) in [7, 11) is 0. The molecule has 0 aromatic heterocycles. The van der Waals surface area contributed by atoms with Crippen molar-refractivity contribution in [2.75, 3.05) is 6.54 Å². The van der Waals surface area contributed by atoms with Crippen molar-refractivity contribution in [3.8, 4) is 0 Å². The van der Waals surface area contributed by atoms with Gasteiger partial charge >= 0.3 is 0 Å². The van der Waals surface area contributed by atoms with Crippen molar-refractivity contribution in [1.29, 1.82) is 0 Å². The van der Waals surface area contributed by atoms with Gasteiger partial charge in [0.1, 0.15) is 5.82 Å². The second kappa shape index (κ2) is 5.98. The van der Waals surface area contributed by atoms with Crippen LogP contribution in [-0.2, 0) is 0 Å². The van der Waals surface area contributed by atoms with Crippen LogP contribution in [0.4, 0.5) is 4.39 Å². The van der Waals surface area contributed by atoms with Crippen LogP contribution in [0.5, 0.6) is 0 Å². The first-order valence-corrected chi connectivity index (χ1v) is 5.78. The molecule has 0 aliphatic rings. The molecule has 0 aliphatic heterocycles. The van der Waals surface area contributed by atoms with Crippen LogP contribution in [0.3, 0.4) is 0 Å². The third-order valence-electron chi connectivity index (χ3n) is 2.54. The molecule has 0 radical (unpaired) electrons. The van der Waals surface area contributed by atoms with Gasteiger partial charge in [-0.05, 0) is 24.1 Å². The number of hydrogen-bond donors (Lipinski definition) is 2. The van der Waals surface area contributed by atoms with Gasteiger partial charge in [0.15, 0.2) is 0 Å². The molecular weight excluding hydrogens is 243 g/mol. The summed E-state index contributed by atoms with van der Waals surface area (Å²) in [6, 6.07) is 3.75. The minimum absolute atomic E-state index is 0.0641. The van der Waals surface area contributed by atoms with Crippen LogP contribution >= 0.6 is 11.6 Å². The Morgan fingerprint density at radius 1 is 1.53 bits per heavy atom. The molecule has 0 saturated carbocycles. The minimum atomic E-state index is -0.540. The van der Waals surface area contributed by atoms with E-state index >= 15 is 0 Å². The van der Waals surface area contributed by atoms with Gasteiger partial charge in [-0.15, -0.1) is 0 Å². The first kappa shape index (κ1) is 13.9. The number of amides is 1. The number of nitrogens with one attached hydrogen (secondary N) is 1. The molecule has 1 rings (SSSR count). The standard InChI is InChI=1S/C12H16ClFN2O/c1-7(2)11(15)6-16-12(17)8-3-4-10(14)9(13)5-8/h3-5,7,11H,6,15H2,1-2H3,(H,16,17). The molecule has 17 heavy (non-hydrogen) atoms. The van der Waals surface area contributed by atoms with Crippen LogP contribution in [0, 0.1) is 11.7 Å². The molecule has 0 bridgehead atoms. The Morgan fingerprint density at radius 3 is 2.71 bits per heavy atom. The molecule has 0 aliphatic carbocycles. The highest BCUT2D eigenvalue weighted by Crippen LogP contribution is 2.15. The lowest BCUT2D eigenvalue weighted by Crippen LogP contribution is -2.40. The fourth-order valence-electron chi connectivity index (χ4n) is 1.19. The first-order valence-electron chi connectivity index (χ1n) is 5.40. The number of rotatable bonds is 4. The van der Waals surface area contributed by atoms with E-state index in [1.807, 2.05) is 13.8 Å². The molecule has 0 fully saturated rings. The van der Waals surface area contributed by atoms with Crippen LogP contribution in [0.15, 0.2) is 18.2 Å². The Bertz CT molecular complexity index is 409. The van der Waals surface area contributed by atoms with Gasteiger partial charge in [0, 0.05) is 18.2 Å². The maximum atomic E-state index is 12.9. The van der Waals surface area contributed by atoms with Crippen LogP contribution in [0.1, 0.15) is 24.2 Å². The van der Waals surface area contributed by atoms with E-state index in [2.05, 4.69) is 5.32 Å². The fraction of sp³-hybridized carbons (Fsp3) is 0.417. The third kappa shape index (κ3) is 3.98. The van der Waals surface area contributed by atoms with Crippen molar-refractivity contribution < 1.29 is 9.18 Å². The molecule has 3 nitrogen and oxygen atoms in total. The van der Waals surface area contributed by atoms with Crippen LogP contribution in [-0.4, -0.2) is 18.5 Å². The van der Waals surface area contributed by atoms with Crippen LogP contribution in [0.2, 0.25) is 5.02 Å². The van der Waals surface area contributed by atoms with Crippen molar-refractivity contribution in [2.24, 2.45) is 11.7 Å². The Kier molecular flexibility index (Phi) is 4.90. The van der Waals surface area contributed by atoms with Crippen LogP contribution in [0.25, 0.3) is 0 Å². The molecule has 0 spiro atoms. The number of benzene rings is 1. The Hall–Kier alpha value is -1.13. The smallest absolute Gasteiger partial charge is 0.251 e. The lowest BCUT2D eigenvalue weighted by Gasteiger charge is -2.16. The molecule has 1 amide bonds. The van der Waals surface area contributed by atoms with Gasteiger partial charge in [0.2, 0.25) is 0 Å². The molecule has 1 atom stereocenters. The molecular formula is C12H16ClFN2O. The highest BCUT2D eigenvalue weighted by molar-refractivity contribution is 6.31. The van der Waals surface area contributed by atoms with Gasteiger partial charge in [-0.2, -0.15) is 0 Å². The molecule has 5 heteroatoms. The molecule has 1 aromatic carbocycles. The third-order valence-corrected chi connectivity index (χ3v) is 2.83. The van der Waals surface area contributed by atoms with E-state index in [9.17, 15) is 9.18 Å². The average molecular weight is 259 g/mol. The number of carbonyl (C=O) groups is 1. The van der Waals surface area contributed by atoms with E-state index < -0.39 is 5.82 Å². The average Bonchev–Trinajstić information content (AvgIpc) is 2.28. The lowest BCUT2D eigenvalue weighted by atomic mass is 10.1. The molecule has 0 heterocycles. The molecule has 1 unspecified atom stereocenters. The van der Waals surface area contributed by atoms with Gasteiger partial charge < -0.3 is 11.1 Å². The topological polar surface area (TPSA) is 55.1 Å². The second-order valence-electron chi connectivity index (χ2n) is 4.25. The number of hydrogen-bond acceptors (Lipinski definition) is 2. The molecule has 1 aromatic rings. The Labute approximate surface area is 105 Å². The van der Waals surface area contributed by atoms with Crippen molar-refractivity contribution in [3.05, 3.63) is 34.6 Å². The van der Waals surface area contributed by atoms with E-state index in [0.717, 1.165) is 0 Å². The van der Waals surface area contributed by atoms with Gasteiger partial charge in [-0.1, -0.05) is 25.4 Å². The Morgan fingerprint density at radius 2 is 2.18 bits per heavy atom. The predicted molar refractivity (Wildman–Crippen MR) is 66.6 cm³/mol. The second-order valence-corrected chi connectivity index (χ2v) is 4.65. The monoisotopic (exact) mass is 258 g/mol. The van der Waals surface area contributed by atoms with Crippen LogP contribution < -0.4 is 11.1 Å². The highest BCUT2D eigenvalue weighted by Gasteiger charge is 2.12. The van der Waals surface area contributed by atoms with Gasteiger partial charge in [-0.25, -0.2) is 4.39 Å². The summed E-state index contributed by atoms with van der Waals surface area (Å²) in [5.41, 5.74) is 6.12. The summed E-state index contributed by atoms with van der Waals surface area (Å²) < 4.78 is 12.9. The zero-order valence-electron chi connectivity index (χ0n) is 9.84. The summed E-state index contributed by atoms with van der Waals surface area (Å²) in [5.74, 6) is -0.558. The molecule has 94 valence electrons. The zero-order valence-corrected chi connectivity index (χ0v) is 10.6. The summed E-state index contributed by atoms with van der Waals surface area (Å²) in [5, 5.41) is 2.62. The quantitative estimate of drug-likeness (QED) is 0.870. The summed E-state index contributed by atoms with van der Waals surface area (Å²) in [4.78, 5) is 11.7. The highest BCUT2D eigenvalue weighted by atomic mass is 35.5. The van der Waals surface area contributed by atoms with E-state index in [1.54, 1.807) is 0 Å². The normalized spacial score (nSPS) is 12.6. The molecule has 3 N–H and O–H groups in total. The van der Waals surface area contributed by atoms with Gasteiger partial charge in [0.25, 0.3) is 5.91 Å². The van der Waals surface area contributed by atoms with E-state index in [4.69, 9.17) is 17.3 Å². The van der Waals surface area contributed by atoms with Gasteiger partial charge in [-0.3, -0.25) is 4.79 Å². The number of halogens is 2. The summed E-state index contributed by atoms with van der Waals surface area (Å²) >= 11 is 5.59. The maximum Gasteiger partial charge on any atom is 0.251 e. The zero-order chi connectivity index (χ0) is 13.0. The van der Waals surface area contributed by atoms with Crippen molar-refractivity contribution >= 4 is 17.5 Å². The Balaban J connectivity index is 2.61. The number of carbonyl (C=O) groups excluding carboxylic acids is 1. The lowest BCUT2D eigenvalue weighted by molar-refractivity contribution is 0.0949. The van der Waals surface area contributed by atoms with Crippen molar-refractivity contribution in [2.45, 2.75) is 19.9 Å². The first-order chi connectivity index (χ1) is 7.91. The summed E-state index contributed by atoms with van der Waals surface area (Å²) in [6.07, 6.45) is 0. The van der Waals surface area contributed by atoms with E-state index in [0.29, 0.717) is 12.1 Å². The van der Waals surface area contributed by atoms with Gasteiger partial charge in [0.05, 0.1) is 5.02 Å². The van der Waals surface area contributed by atoms with E-state index in [1.165, 1.54) is 18.2 Å². The number of nitrogens with two attached hydrogens (primary N) is 1.